The second-order valence-electron chi connectivity index (χ2n) is 2.93. The van der Waals surface area contributed by atoms with Gasteiger partial charge in [-0.25, -0.2) is 4.79 Å². The summed E-state index contributed by atoms with van der Waals surface area (Å²) in [7, 11) is 0. The minimum Gasteiger partial charge on any atom is -0.480 e. The SMILES string of the molecule is NCCC[C@H](NC(=O)CCN)C(=O)O. The smallest absolute Gasteiger partial charge is 0.326 e. The van der Waals surface area contributed by atoms with Crippen LogP contribution >= 0.6 is 0 Å². The third-order valence-corrected chi connectivity index (χ3v) is 1.70. The van der Waals surface area contributed by atoms with Gasteiger partial charge in [0, 0.05) is 13.0 Å². The van der Waals surface area contributed by atoms with E-state index in [1.165, 1.54) is 0 Å². The standard InChI is InChI=1S/C8H17N3O3/c9-4-1-2-6(8(13)14)11-7(12)3-5-10/h6H,1-5,9-10H2,(H,11,12)(H,13,14)/t6-/m0/s1. The number of aliphatic carboxylic acids is 1. The molecule has 0 saturated carbocycles. The molecule has 0 bridgehead atoms. The molecular formula is C8H17N3O3. The maximum atomic E-state index is 11.0. The van der Waals surface area contributed by atoms with Gasteiger partial charge in [0.05, 0.1) is 0 Å². The summed E-state index contributed by atoms with van der Waals surface area (Å²) >= 11 is 0. The Morgan fingerprint density at radius 1 is 1.29 bits per heavy atom. The van der Waals surface area contributed by atoms with E-state index in [4.69, 9.17) is 16.6 Å². The highest BCUT2D eigenvalue weighted by Gasteiger charge is 2.18. The number of amides is 1. The molecule has 0 rings (SSSR count). The van der Waals surface area contributed by atoms with Crippen LogP contribution in [0.25, 0.3) is 0 Å². The van der Waals surface area contributed by atoms with Gasteiger partial charge >= 0.3 is 5.97 Å². The van der Waals surface area contributed by atoms with Crippen molar-refractivity contribution in [1.82, 2.24) is 5.32 Å². The summed E-state index contributed by atoms with van der Waals surface area (Å²) in [6.07, 6.45) is 1.06. The van der Waals surface area contributed by atoms with E-state index in [9.17, 15) is 9.59 Å². The van der Waals surface area contributed by atoms with Gasteiger partial charge in [0.25, 0.3) is 0 Å². The fourth-order valence-electron chi connectivity index (χ4n) is 0.977. The lowest BCUT2D eigenvalue weighted by Crippen LogP contribution is -2.41. The highest BCUT2D eigenvalue weighted by atomic mass is 16.4. The van der Waals surface area contributed by atoms with E-state index in [1.807, 2.05) is 0 Å². The minimum atomic E-state index is -1.04. The minimum absolute atomic E-state index is 0.145. The topological polar surface area (TPSA) is 118 Å². The van der Waals surface area contributed by atoms with Crippen LogP contribution in [0.5, 0.6) is 0 Å². The van der Waals surface area contributed by atoms with Crippen molar-refractivity contribution in [1.29, 1.82) is 0 Å². The first-order chi connectivity index (χ1) is 6.61. The van der Waals surface area contributed by atoms with Crippen LogP contribution in [-0.2, 0) is 9.59 Å². The molecule has 0 aromatic heterocycles. The number of nitrogens with one attached hydrogen (secondary N) is 1. The molecule has 1 amide bonds. The average molecular weight is 203 g/mol. The molecule has 82 valence electrons. The van der Waals surface area contributed by atoms with E-state index in [0.717, 1.165) is 0 Å². The van der Waals surface area contributed by atoms with E-state index in [1.54, 1.807) is 0 Å². The van der Waals surface area contributed by atoms with Crippen LogP contribution in [0, 0.1) is 0 Å². The molecule has 0 aliphatic rings. The molecule has 6 N–H and O–H groups in total. The summed E-state index contributed by atoms with van der Waals surface area (Å²) in [5.74, 6) is -1.37. The predicted molar refractivity (Wildman–Crippen MR) is 51.5 cm³/mol. The van der Waals surface area contributed by atoms with Gasteiger partial charge in [0.2, 0.25) is 5.91 Å². The number of hydrogen-bond acceptors (Lipinski definition) is 4. The van der Waals surface area contributed by atoms with Crippen LogP contribution < -0.4 is 16.8 Å². The fraction of sp³-hybridized carbons (Fsp3) is 0.750. The molecule has 0 radical (unpaired) electrons. The van der Waals surface area contributed by atoms with Crippen LogP contribution in [0.15, 0.2) is 0 Å². The number of carboxylic acids is 1. The summed E-state index contributed by atoms with van der Waals surface area (Å²) in [6.45, 7) is 0.631. The summed E-state index contributed by atoms with van der Waals surface area (Å²) < 4.78 is 0. The molecule has 0 unspecified atom stereocenters. The number of carboxylic acid groups (broad SMARTS) is 1. The van der Waals surface area contributed by atoms with Gasteiger partial charge in [-0.3, -0.25) is 4.79 Å². The molecule has 6 heteroatoms. The third kappa shape index (κ3) is 5.50. The number of carbonyl (C=O) groups excluding carboxylic acids is 1. The summed E-state index contributed by atoms with van der Waals surface area (Å²) in [5.41, 5.74) is 10.4. The lowest BCUT2D eigenvalue weighted by atomic mass is 10.1. The number of carbonyl (C=O) groups is 2. The Labute approximate surface area is 82.6 Å². The second-order valence-corrected chi connectivity index (χ2v) is 2.93. The zero-order chi connectivity index (χ0) is 11.0. The van der Waals surface area contributed by atoms with Crippen molar-refractivity contribution >= 4 is 11.9 Å². The second kappa shape index (κ2) is 7.28. The molecule has 0 aromatic rings. The Balaban J connectivity index is 3.95. The molecule has 6 nitrogen and oxygen atoms in total. The van der Waals surface area contributed by atoms with Gasteiger partial charge in [-0.1, -0.05) is 0 Å². The normalized spacial score (nSPS) is 12.1. The molecule has 14 heavy (non-hydrogen) atoms. The Morgan fingerprint density at radius 3 is 2.36 bits per heavy atom. The van der Waals surface area contributed by atoms with Gasteiger partial charge < -0.3 is 21.9 Å². The Morgan fingerprint density at radius 2 is 1.93 bits per heavy atom. The predicted octanol–water partition coefficient (Wildman–Crippen LogP) is -1.36. The lowest BCUT2D eigenvalue weighted by Gasteiger charge is -2.13. The highest BCUT2D eigenvalue weighted by molar-refractivity contribution is 5.83. The van der Waals surface area contributed by atoms with Gasteiger partial charge in [0.1, 0.15) is 6.04 Å². The molecule has 0 heterocycles. The van der Waals surface area contributed by atoms with Gasteiger partial charge in [0.15, 0.2) is 0 Å². The van der Waals surface area contributed by atoms with Crippen molar-refractivity contribution in [3.63, 3.8) is 0 Å². The molecule has 0 spiro atoms. The van der Waals surface area contributed by atoms with Crippen molar-refractivity contribution in [2.45, 2.75) is 25.3 Å². The maximum absolute atomic E-state index is 11.0. The molecule has 0 saturated heterocycles. The van der Waals surface area contributed by atoms with Crippen LogP contribution in [0.3, 0.4) is 0 Å². The van der Waals surface area contributed by atoms with Crippen molar-refractivity contribution in [3.05, 3.63) is 0 Å². The molecule has 0 aliphatic carbocycles. The van der Waals surface area contributed by atoms with Crippen LogP contribution in [0.2, 0.25) is 0 Å². The van der Waals surface area contributed by atoms with Gasteiger partial charge in [-0.15, -0.1) is 0 Å². The Hall–Kier alpha value is -1.14. The van der Waals surface area contributed by atoms with E-state index in [0.29, 0.717) is 19.4 Å². The first kappa shape index (κ1) is 12.9. The van der Waals surface area contributed by atoms with Crippen LogP contribution in [-0.4, -0.2) is 36.1 Å². The van der Waals surface area contributed by atoms with Crippen LogP contribution in [0.4, 0.5) is 0 Å². The highest BCUT2D eigenvalue weighted by Crippen LogP contribution is 1.96. The van der Waals surface area contributed by atoms with Gasteiger partial charge in [-0.05, 0) is 19.4 Å². The molecule has 1 atom stereocenters. The van der Waals surface area contributed by atoms with E-state index in [2.05, 4.69) is 5.32 Å². The summed E-state index contributed by atoms with van der Waals surface area (Å²) in [4.78, 5) is 21.7. The lowest BCUT2D eigenvalue weighted by molar-refractivity contribution is -0.142. The molecule has 0 fully saturated rings. The van der Waals surface area contributed by atoms with Crippen molar-refractivity contribution in [2.24, 2.45) is 11.5 Å². The summed E-state index contributed by atoms with van der Waals surface area (Å²) in [5, 5.41) is 11.1. The number of hydrogen-bond donors (Lipinski definition) is 4. The first-order valence-electron chi connectivity index (χ1n) is 4.54. The van der Waals surface area contributed by atoms with Crippen molar-refractivity contribution < 1.29 is 14.7 Å². The van der Waals surface area contributed by atoms with Gasteiger partial charge in [-0.2, -0.15) is 0 Å². The Bertz CT molecular complexity index is 196. The van der Waals surface area contributed by atoms with Crippen molar-refractivity contribution in [3.8, 4) is 0 Å². The van der Waals surface area contributed by atoms with E-state index in [-0.39, 0.29) is 18.9 Å². The fourth-order valence-corrected chi connectivity index (χ4v) is 0.977. The zero-order valence-electron chi connectivity index (χ0n) is 8.03. The van der Waals surface area contributed by atoms with Crippen molar-refractivity contribution in [2.75, 3.05) is 13.1 Å². The third-order valence-electron chi connectivity index (χ3n) is 1.70. The molecular weight excluding hydrogens is 186 g/mol. The Kier molecular flexibility index (Phi) is 6.69. The van der Waals surface area contributed by atoms with Crippen LogP contribution in [0.1, 0.15) is 19.3 Å². The maximum Gasteiger partial charge on any atom is 0.326 e. The zero-order valence-corrected chi connectivity index (χ0v) is 8.03. The monoisotopic (exact) mass is 203 g/mol. The number of rotatable bonds is 7. The average Bonchev–Trinajstić information content (AvgIpc) is 2.12. The summed E-state index contributed by atoms with van der Waals surface area (Å²) in [6, 6.07) is -0.849. The number of nitrogens with two attached hydrogens (primary N) is 2. The molecule has 0 aliphatic heterocycles. The quantitative estimate of drug-likeness (QED) is 0.407. The van der Waals surface area contributed by atoms with E-state index < -0.39 is 12.0 Å². The van der Waals surface area contributed by atoms with E-state index >= 15 is 0 Å². The first-order valence-corrected chi connectivity index (χ1v) is 4.54. The molecule has 0 aromatic carbocycles. The largest absolute Gasteiger partial charge is 0.480 e.